The molecule has 0 spiro atoms. The van der Waals surface area contributed by atoms with Crippen LogP contribution in [0.1, 0.15) is 19.9 Å². The number of nitrogens with one attached hydrogen (secondary N) is 1. The topological polar surface area (TPSA) is 59.4 Å². The largest absolute Gasteiger partial charge is 0.383 e. The first kappa shape index (κ1) is 15.7. The van der Waals surface area contributed by atoms with Gasteiger partial charge in [0, 0.05) is 52.2 Å². The van der Waals surface area contributed by atoms with Crippen molar-refractivity contribution in [2.75, 3.05) is 45.3 Å². The van der Waals surface area contributed by atoms with Crippen molar-refractivity contribution in [1.82, 2.24) is 14.9 Å². The number of hydrogen-bond donors (Lipinski definition) is 1. The van der Waals surface area contributed by atoms with Gasteiger partial charge in [-0.25, -0.2) is 4.98 Å². The fraction of sp³-hybridized carbons (Fsp3) is 0.692. The summed E-state index contributed by atoms with van der Waals surface area (Å²) >= 11 is 0. The van der Waals surface area contributed by atoms with Gasteiger partial charge in [0.15, 0.2) is 5.82 Å². The van der Waals surface area contributed by atoms with E-state index in [0.717, 1.165) is 19.6 Å². The van der Waals surface area contributed by atoms with Crippen LogP contribution in [0.3, 0.4) is 0 Å². The van der Waals surface area contributed by atoms with E-state index in [1.807, 2.05) is 25.8 Å². The minimum Gasteiger partial charge on any atom is -0.383 e. The molecule has 0 amide bonds. The highest BCUT2D eigenvalue weighted by Gasteiger charge is 2.10. The molecule has 1 N–H and O–H groups in total. The Morgan fingerprint density at radius 2 is 2.21 bits per heavy atom. The number of hydrogen-bond acceptors (Lipinski definition) is 5. The quantitative estimate of drug-likeness (QED) is 0.696. The van der Waals surface area contributed by atoms with Crippen molar-refractivity contribution in [1.29, 1.82) is 0 Å². The molecule has 0 bridgehead atoms. The normalized spacial score (nSPS) is 11.0. The molecule has 0 fully saturated rings. The van der Waals surface area contributed by atoms with Crippen LogP contribution in [0.4, 0.5) is 5.82 Å². The van der Waals surface area contributed by atoms with Crippen LogP contribution in [0.25, 0.3) is 0 Å². The van der Waals surface area contributed by atoms with E-state index >= 15 is 0 Å². The maximum absolute atomic E-state index is 12.2. The number of likely N-dealkylation sites (N-methyl/N-ethyl adjacent to an activating group) is 1. The molecule has 0 saturated carbocycles. The molecule has 0 radical (unpaired) electrons. The predicted octanol–water partition coefficient (Wildman–Crippen LogP) is 0.496. The van der Waals surface area contributed by atoms with Gasteiger partial charge < -0.3 is 19.5 Å². The summed E-state index contributed by atoms with van der Waals surface area (Å²) in [4.78, 5) is 18.3. The average molecular weight is 268 g/mol. The second-order valence-corrected chi connectivity index (χ2v) is 4.72. The van der Waals surface area contributed by atoms with Crippen molar-refractivity contribution in [3.8, 4) is 0 Å². The van der Waals surface area contributed by atoms with Gasteiger partial charge in [-0.3, -0.25) is 4.79 Å². The first-order valence-corrected chi connectivity index (χ1v) is 6.56. The van der Waals surface area contributed by atoms with Crippen LogP contribution in [-0.4, -0.2) is 49.9 Å². The lowest BCUT2D eigenvalue weighted by atomic mass is 10.4. The molecular weight excluding hydrogens is 244 g/mol. The lowest BCUT2D eigenvalue weighted by Crippen LogP contribution is -2.36. The number of methoxy groups -OCH3 is 1. The number of ether oxygens (including phenoxy) is 1. The van der Waals surface area contributed by atoms with Gasteiger partial charge in [-0.2, -0.15) is 0 Å². The van der Waals surface area contributed by atoms with E-state index in [1.54, 1.807) is 24.1 Å². The average Bonchev–Trinajstić information content (AvgIpc) is 2.38. The smallest absolute Gasteiger partial charge is 0.293 e. The van der Waals surface area contributed by atoms with Crippen LogP contribution in [0, 0.1) is 0 Å². The van der Waals surface area contributed by atoms with Crippen LogP contribution in [0.2, 0.25) is 0 Å². The molecule has 0 atom stereocenters. The van der Waals surface area contributed by atoms with Gasteiger partial charge in [-0.15, -0.1) is 0 Å². The van der Waals surface area contributed by atoms with Crippen LogP contribution in [0.5, 0.6) is 0 Å². The first-order valence-electron chi connectivity index (χ1n) is 6.56. The van der Waals surface area contributed by atoms with E-state index in [9.17, 15) is 4.79 Å². The molecule has 6 nitrogen and oxygen atoms in total. The van der Waals surface area contributed by atoms with E-state index < -0.39 is 0 Å². The minimum atomic E-state index is -0.0445. The van der Waals surface area contributed by atoms with Gasteiger partial charge >= 0.3 is 0 Å². The Balaban J connectivity index is 2.60. The maximum atomic E-state index is 12.2. The lowest BCUT2D eigenvalue weighted by molar-refractivity contribution is 0.200. The van der Waals surface area contributed by atoms with Crippen molar-refractivity contribution in [2.45, 2.75) is 19.9 Å². The molecule has 0 unspecified atom stereocenters. The summed E-state index contributed by atoms with van der Waals surface area (Å²) in [6.45, 7) is 6.98. The molecule has 0 saturated heterocycles. The summed E-state index contributed by atoms with van der Waals surface area (Å²) in [6.07, 6.45) is 3.40. The van der Waals surface area contributed by atoms with Gasteiger partial charge in [0.1, 0.15) is 0 Å². The fourth-order valence-electron chi connectivity index (χ4n) is 1.73. The summed E-state index contributed by atoms with van der Waals surface area (Å²) in [5.74, 6) is 0.491. The number of rotatable bonds is 8. The molecular formula is C13H24N4O2. The maximum Gasteiger partial charge on any atom is 0.293 e. The zero-order chi connectivity index (χ0) is 14.3. The molecule has 0 aromatic carbocycles. The highest BCUT2D eigenvalue weighted by atomic mass is 16.5. The summed E-state index contributed by atoms with van der Waals surface area (Å²) < 4.78 is 6.64. The van der Waals surface area contributed by atoms with E-state index in [1.165, 1.54) is 0 Å². The Bertz CT molecular complexity index is 431. The molecule has 1 heterocycles. The van der Waals surface area contributed by atoms with Gasteiger partial charge in [-0.05, 0) is 13.8 Å². The van der Waals surface area contributed by atoms with E-state index in [2.05, 4.69) is 10.3 Å². The third-order valence-electron chi connectivity index (χ3n) is 2.87. The molecule has 108 valence electrons. The fourth-order valence-corrected chi connectivity index (χ4v) is 1.73. The van der Waals surface area contributed by atoms with Gasteiger partial charge in [-0.1, -0.05) is 0 Å². The highest BCUT2D eigenvalue weighted by Crippen LogP contribution is 2.04. The second-order valence-electron chi connectivity index (χ2n) is 4.72. The van der Waals surface area contributed by atoms with Crippen molar-refractivity contribution in [2.24, 2.45) is 0 Å². The molecule has 0 aliphatic carbocycles. The molecule has 1 rings (SSSR count). The Hall–Kier alpha value is -1.40. The SMILES string of the molecule is COCCNCCN(C)c1nccn(C(C)C)c1=O. The van der Waals surface area contributed by atoms with E-state index in [-0.39, 0.29) is 11.6 Å². The van der Waals surface area contributed by atoms with Crippen molar-refractivity contribution in [3.05, 3.63) is 22.7 Å². The molecule has 19 heavy (non-hydrogen) atoms. The highest BCUT2D eigenvalue weighted by molar-refractivity contribution is 5.34. The van der Waals surface area contributed by atoms with Crippen LogP contribution in [-0.2, 0) is 4.74 Å². The predicted molar refractivity (Wildman–Crippen MR) is 76.9 cm³/mol. The summed E-state index contributed by atoms with van der Waals surface area (Å²) in [6, 6.07) is 0.141. The zero-order valence-electron chi connectivity index (χ0n) is 12.2. The monoisotopic (exact) mass is 268 g/mol. The number of aromatic nitrogens is 2. The minimum absolute atomic E-state index is 0.0445. The lowest BCUT2D eigenvalue weighted by Gasteiger charge is -2.19. The Morgan fingerprint density at radius 1 is 1.47 bits per heavy atom. The van der Waals surface area contributed by atoms with Crippen LogP contribution < -0.4 is 15.8 Å². The summed E-state index contributed by atoms with van der Waals surface area (Å²) in [5.41, 5.74) is -0.0445. The Labute approximate surface area is 114 Å². The Kier molecular flexibility index (Phi) is 6.52. The summed E-state index contributed by atoms with van der Waals surface area (Å²) in [5, 5.41) is 3.24. The Morgan fingerprint density at radius 3 is 2.84 bits per heavy atom. The first-order chi connectivity index (χ1) is 9.07. The zero-order valence-corrected chi connectivity index (χ0v) is 12.2. The summed E-state index contributed by atoms with van der Waals surface area (Å²) in [7, 11) is 3.56. The standard InChI is InChI=1S/C13H24N4O2/c1-11(2)17-9-6-15-12(13(17)18)16(3)8-5-14-7-10-19-4/h6,9,11,14H,5,7-8,10H2,1-4H3. The third-order valence-corrected chi connectivity index (χ3v) is 2.87. The molecule has 6 heteroatoms. The number of nitrogens with zero attached hydrogens (tertiary/aromatic N) is 3. The second kappa shape index (κ2) is 7.91. The molecule has 0 aliphatic heterocycles. The van der Waals surface area contributed by atoms with Gasteiger partial charge in [0.2, 0.25) is 0 Å². The number of anilines is 1. The van der Waals surface area contributed by atoms with Crippen LogP contribution >= 0.6 is 0 Å². The molecule has 1 aromatic heterocycles. The van der Waals surface area contributed by atoms with Crippen LogP contribution in [0.15, 0.2) is 17.2 Å². The third kappa shape index (κ3) is 4.65. The van der Waals surface area contributed by atoms with Crippen molar-refractivity contribution < 1.29 is 4.74 Å². The van der Waals surface area contributed by atoms with Gasteiger partial charge in [0.25, 0.3) is 5.56 Å². The molecule has 0 aliphatic rings. The van der Waals surface area contributed by atoms with Gasteiger partial charge in [0.05, 0.1) is 6.61 Å². The van der Waals surface area contributed by atoms with Crippen molar-refractivity contribution >= 4 is 5.82 Å². The van der Waals surface area contributed by atoms with E-state index in [0.29, 0.717) is 12.4 Å². The molecule has 1 aromatic rings. The van der Waals surface area contributed by atoms with E-state index in [4.69, 9.17) is 4.74 Å². The van der Waals surface area contributed by atoms with Crippen molar-refractivity contribution in [3.63, 3.8) is 0 Å².